The molecule has 1 heterocycles. The molecule has 1 amide bonds. The van der Waals surface area contributed by atoms with Gasteiger partial charge in [-0.1, -0.05) is 37.3 Å². The Labute approximate surface area is 155 Å². The Morgan fingerprint density at radius 1 is 1.19 bits per heavy atom. The van der Waals surface area contributed by atoms with Crippen molar-refractivity contribution in [3.63, 3.8) is 0 Å². The van der Waals surface area contributed by atoms with Gasteiger partial charge in [0.2, 0.25) is 15.9 Å². The monoisotopic (exact) mass is 380 g/mol. The van der Waals surface area contributed by atoms with Gasteiger partial charge in [-0.15, -0.1) is 0 Å². The molecule has 1 aliphatic carbocycles. The van der Waals surface area contributed by atoms with Crippen LogP contribution in [0.5, 0.6) is 0 Å². The fourth-order valence-electron chi connectivity index (χ4n) is 3.96. The predicted molar refractivity (Wildman–Crippen MR) is 100 cm³/mol. The molecule has 6 nitrogen and oxygen atoms in total. The highest BCUT2D eigenvalue weighted by atomic mass is 32.2. The predicted octanol–water partition coefficient (Wildman–Crippen LogP) is 1.42. The number of carbonyl (C=O) groups is 1. The molecular weight excluding hydrogens is 352 g/mol. The maximum atomic E-state index is 12.5. The van der Waals surface area contributed by atoms with Crippen LogP contribution in [0.15, 0.2) is 30.3 Å². The second-order valence-electron chi connectivity index (χ2n) is 7.43. The van der Waals surface area contributed by atoms with Crippen LogP contribution in [0.2, 0.25) is 0 Å². The summed E-state index contributed by atoms with van der Waals surface area (Å²) in [6, 6.07) is 9.23. The summed E-state index contributed by atoms with van der Waals surface area (Å²) >= 11 is 0. The number of nitrogens with zero attached hydrogens (tertiary/aromatic N) is 2. The SMILES string of the molecule is CCC(=O)N1[C@H](CO)[C@H](c2ccccc2)[C@@H]1CN(CC1CC1)S(C)(=O)=O. The number of likely N-dealkylation sites (tertiary alicyclic amines) is 1. The van der Waals surface area contributed by atoms with Crippen LogP contribution >= 0.6 is 0 Å². The van der Waals surface area contributed by atoms with E-state index in [1.807, 2.05) is 30.3 Å². The average molecular weight is 381 g/mol. The van der Waals surface area contributed by atoms with Gasteiger partial charge in [0, 0.05) is 25.4 Å². The van der Waals surface area contributed by atoms with Crippen molar-refractivity contribution in [2.24, 2.45) is 5.92 Å². The van der Waals surface area contributed by atoms with Gasteiger partial charge in [-0.2, -0.15) is 4.31 Å². The van der Waals surface area contributed by atoms with E-state index in [-0.39, 0.29) is 37.1 Å². The van der Waals surface area contributed by atoms with Crippen LogP contribution in [0.1, 0.15) is 37.7 Å². The number of amides is 1. The third-order valence-corrected chi connectivity index (χ3v) is 6.76. The van der Waals surface area contributed by atoms with Gasteiger partial charge >= 0.3 is 0 Å². The molecular formula is C19H28N2O4S. The van der Waals surface area contributed by atoms with Crippen LogP contribution in [0.25, 0.3) is 0 Å². The molecule has 1 aromatic rings. The quantitative estimate of drug-likeness (QED) is 0.740. The molecule has 1 aromatic carbocycles. The normalized spacial score (nSPS) is 26.0. The van der Waals surface area contributed by atoms with E-state index in [2.05, 4.69) is 0 Å². The Bertz CT molecular complexity index is 733. The zero-order valence-electron chi connectivity index (χ0n) is 15.4. The Morgan fingerprint density at radius 2 is 1.85 bits per heavy atom. The van der Waals surface area contributed by atoms with E-state index in [0.717, 1.165) is 18.4 Å². The third-order valence-electron chi connectivity index (χ3n) is 5.52. The maximum absolute atomic E-state index is 12.5. The van der Waals surface area contributed by atoms with Crippen LogP contribution in [0, 0.1) is 5.92 Å². The van der Waals surface area contributed by atoms with E-state index < -0.39 is 10.0 Å². The fourth-order valence-corrected chi connectivity index (χ4v) is 4.87. The van der Waals surface area contributed by atoms with E-state index in [1.165, 1.54) is 10.6 Å². The first-order chi connectivity index (χ1) is 12.4. The molecule has 2 fully saturated rings. The molecule has 0 aromatic heterocycles. The highest BCUT2D eigenvalue weighted by Crippen LogP contribution is 2.42. The van der Waals surface area contributed by atoms with Crippen LogP contribution in [0.4, 0.5) is 0 Å². The van der Waals surface area contributed by atoms with E-state index in [1.54, 1.807) is 11.8 Å². The molecule has 0 spiro atoms. The molecule has 0 radical (unpaired) electrons. The molecule has 1 N–H and O–H groups in total. The van der Waals surface area contributed by atoms with Gasteiger partial charge in [-0.25, -0.2) is 8.42 Å². The minimum atomic E-state index is -3.34. The summed E-state index contributed by atoms with van der Waals surface area (Å²) in [5, 5.41) is 9.87. The minimum absolute atomic E-state index is 0.0406. The number of aliphatic hydroxyl groups is 1. The molecule has 1 saturated heterocycles. The molecule has 144 valence electrons. The summed E-state index contributed by atoms with van der Waals surface area (Å²) in [6.07, 6.45) is 3.71. The summed E-state index contributed by atoms with van der Waals surface area (Å²) in [5.41, 5.74) is 1.04. The van der Waals surface area contributed by atoms with Gasteiger partial charge in [0.25, 0.3) is 0 Å². The molecule has 2 aliphatic rings. The largest absolute Gasteiger partial charge is 0.394 e. The van der Waals surface area contributed by atoms with Gasteiger partial charge in [-0.3, -0.25) is 4.79 Å². The van der Waals surface area contributed by atoms with Crippen molar-refractivity contribution in [3.05, 3.63) is 35.9 Å². The van der Waals surface area contributed by atoms with E-state index in [0.29, 0.717) is 18.9 Å². The standard InChI is InChI=1S/C19H28N2O4S/c1-3-18(23)21-16(12-20(26(2,24)25)11-14-9-10-14)19(17(21)13-22)15-7-5-4-6-8-15/h4-8,14,16-17,19,22H,3,9-13H2,1-2H3/t16-,17+,19+/m0/s1. The molecule has 26 heavy (non-hydrogen) atoms. The van der Waals surface area contributed by atoms with Crippen molar-refractivity contribution in [1.82, 2.24) is 9.21 Å². The van der Waals surface area contributed by atoms with E-state index >= 15 is 0 Å². The number of sulfonamides is 1. The summed E-state index contributed by atoms with van der Waals surface area (Å²) in [5.74, 6) is 0.338. The van der Waals surface area contributed by atoms with E-state index in [4.69, 9.17) is 0 Å². The topological polar surface area (TPSA) is 77.9 Å². The Balaban J connectivity index is 1.88. The van der Waals surface area contributed by atoms with Crippen molar-refractivity contribution in [3.8, 4) is 0 Å². The van der Waals surface area contributed by atoms with Crippen molar-refractivity contribution in [1.29, 1.82) is 0 Å². The van der Waals surface area contributed by atoms with Crippen molar-refractivity contribution >= 4 is 15.9 Å². The number of rotatable bonds is 8. The first kappa shape index (κ1) is 19.3. The van der Waals surface area contributed by atoms with Crippen molar-refractivity contribution < 1.29 is 18.3 Å². The van der Waals surface area contributed by atoms with Crippen molar-refractivity contribution in [2.75, 3.05) is 26.0 Å². The van der Waals surface area contributed by atoms with Gasteiger partial charge in [-0.05, 0) is 24.3 Å². The van der Waals surface area contributed by atoms with Gasteiger partial charge < -0.3 is 10.0 Å². The maximum Gasteiger partial charge on any atom is 0.222 e. The number of carbonyl (C=O) groups excluding carboxylic acids is 1. The molecule has 3 atom stereocenters. The third kappa shape index (κ3) is 3.94. The molecule has 7 heteroatoms. The van der Waals surface area contributed by atoms with Crippen LogP contribution in [-0.4, -0.2) is 66.7 Å². The average Bonchev–Trinajstić information content (AvgIpc) is 3.41. The zero-order chi connectivity index (χ0) is 18.9. The highest BCUT2D eigenvalue weighted by molar-refractivity contribution is 7.88. The van der Waals surface area contributed by atoms with Crippen molar-refractivity contribution in [2.45, 2.75) is 44.2 Å². The minimum Gasteiger partial charge on any atom is -0.394 e. The van der Waals surface area contributed by atoms with Gasteiger partial charge in [0.05, 0.1) is 24.9 Å². The Morgan fingerprint density at radius 3 is 2.35 bits per heavy atom. The molecule has 0 bridgehead atoms. The van der Waals surface area contributed by atoms with Crippen LogP contribution in [0.3, 0.4) is 0 Å². The first-order valence-corrected chi connectivity index (χ1v) is 11.1. The number of aliphatic hydroxyl groups excluding tert-OH is 1. The lowest BCUT2D eigenvalue weighted by atomic mass is 9.75. The lowest BCUT2D eigenvalue weighted by molar-refractivity contribution is -0.151. The second kappa shape index (κ2) is 7.66. The fraction of sp³-hybridized carbons (Fsp3) is 0.632. The molecule has 0 unspecified atom stereocenters. The molecule has 1 saturated carbocycles. The van der Waals surface area contributed by atoms with E-state index in [9.17, 15) is 18.3 Å². The molecule has 1 aliphatic heterocycles. The number of hydrogen-bond donors (Lipinski definition) is 1. The lowest BCUT2D eigenvalue weighted by Crippen LogP contribution is -2.68. The summed E-state index contributed by atoms with van der Waals surface area (Å²) in [6.45, 7) is 2.48. The number of benzene rings is 1. The summed E-state index contributed by atoms with van der Waals surface area (Å²) < 4.78 is 26.1. The van der Waals surface area contributed by atoms with Crippen LogP contribution < -0.4 is 0 Å². The van der Waals surface area contributed by atoms with Gasteiger partial charge in [0.15, 0.2) is 0 Å². The zero-order valence-corrected chi connectivity index (χ0v) is 16.2. The lowest BCUT2D eigenvalue weighted by Gasteiger charge is -2.56. The Kier molecular flexibility index (Phi) is 5.69. The Hall–Kier alpha value is -1.44. The van der Waals surface area contributed by atoms with Gasteiger partial charge in [0.1, 0.15) is 0 Å². The van der Waals surface area contributed by atoms with Crippen LogP contribution in [-0.2, 0) is 14.8 Å². The smallest absolute Gasteiger partial charge is 0.222 e. The first-order valence-electron chi connectivity index (χ1n) is 9.28. The second-order valence-corrected chi connectivity index (χ2v) is 9.41. The number of hydrogen-bond acceptors (Lipinski definition) is 4. The molecule has 3 rings (SSSR count). The highest BCUT2D eigenvalue weighted by Gasteiger charge is 2.51. The summed E-state index contributed by atoms with van der Waals surface area (Å²) in [7, 11) is -3.34. The summed E-state index contributed by atoms with van der Waals surface area (Å²) in [4.78, 5) is 14.2.